The lowest BCUT2D eigenvalue weighted by atomic mass is 9.85. The quantitative estimate of drug-likeness (QED) is 0.419. The number of β-lactam (4-membered cyclic amide) rings is 1. The zero-order valence-electron chi connectivity index (χ0n) is 18.9. The highest BCUT2D eigenvalue weighted by Gasteiger charge is 2.64. The number of methoxy groups -OCH3 is 1. The lowest BCUT2D eigenvalue weighted by Crippen LogP contribution is -2.72. The number of ether oxygens (including phenoxy) is 2. The number of amides is 1. The van der Waals surface area contributed by atoms with Gasteiger partial charge in [0.25, 0.3) is 5.91 Å². The molecule has 0 aromatic carbocycles. The van der Waals surface area contributed by atoms with Crippen molar-refractivity contribution >= 4 is 27.5 Å². The van der Waals surface area contributed by atoms with Gasteiger partial charge >= 0.3 is 5.97 Å². The number of unbranched alkanes of at least 4 members (excludes halogenated alkanes) is 1. The standard InChI is InChI=1S/C21H33NO7S/c1-8-10-11-13(9-2)19(25)29-20-12(3)14(16(23)21(4,5)6)22-17(24)15(28-7)18(22)30(20,26)27/h13,15,18,20H,8-11H2,1-7H3/t13?,15-,18-,20?/m0/s1. The first kappa shape index (κ1) is 24.5. The average Bonchev–Trinajstić information content (AvgIpc) is 2.65. The number of rotatable bonds is 8. The molecule has 0 radical (unpaired) electrons. The Kier molecular flexibility index (Phi) is 7.18. The third-order valence-corrected chi connectivity index (χ3v) is 7.88. The Morgan fingerprint density at radius 1 is 1.20 bits per heavy atom. The zero-order chi connectivity index (χ0) is 23.0. The molecule has 2 heterocycles. The fourth-order valence-electron chi connectivity index (χ4n) is 3.83. The summed E-state index contributed by atoms with van der Waals surface area (Å²) in [6, 6.07) is 0. The van der Waals surface area contributed by atoms with Crippen molar-refractivity contribution in [3.05, 3.63) is 11.3 Å². The fourth-order valence-corrected chi connectivity index (χ4v) is 5.99. The van der Waals surface area contributed by atoms with E-state index in [4.69, 9.17) is 9.47 Å². The third kappa shape index (κ3) is 4.06. The van der Waals surface area contributed by atoms with E-state index in [0.29, 0.717) is 12.8 Å². The first-order valence-electron chi connectivity index (χ1n) is 10.4. The van der Waals surface area contributed by atoms with Crippen LogP contribution in [0.3, 0.4) is 0 Å². The van der Waals surface area contributed by atoms with Crippen LogP contribution in [0.25, 0.3) is 0 Å². The number of esters is 1. The van der Waals surface area contributed by atoms with E-state index < -0.39 is 50.0 Å². The number of carbonyl (C=O) groups is 3. The summed E-state index contributed by atoms with van der Waals surface area (Å²) >= 11 is 0. The van der Waals surface area contributed by atoms with Crippen LogP contribution in [-0.4, -0.2) is 55.0 Å². The molecule has 0 aliphatic carbocycles. The maximum Gasteiger partial charge on any atom is 0.310 e. The van der Waals surface area contributed by atoms with Gasteiger partial charge in [-0.25, -0.2) is 8.42 Å². The van der Waals surface area contributed by atoms with E-state index in [1.54, 1.807) is 20.8 Å². The second kappa shape index (κ2) is 8.78. The topological polar surface area (TPSA) is 107 Å². The first-order chi connectivity index (χ1) is 13.8. The van der Waals surface area contributed by atoms with Gasteiger partial charge in [-0.15, -0.1) is 0 Å². The van der Waals surface area contributed by atoms with Gasteiger partial charge in [-0.05, 0) is 19.8 Å². The van der Waals surface area contributed by atoms with Gasteiger partial charge in [0.05, 0.1) is 11.6 Å². The number of sulfone groups is 1. The largest absolute Gasteiger partial charge is 0.441 e. The molecule has 30 heavy (non-hydrogen) atoms. The van der Waals surface area contributed by atoms with Crippen LogP contribution in [-0.2, 0) is 33.7 Å². The number of ketones is 1. The molecule has 9 heteroatoms. The summed E-state index contributed by atoms with van der Waals surface area (Å²) in [7, 11) is -2.91. The van der Waals surface area contributed by atoms with Gasteiger partial charge < -0.3 is 9.47 Å². The normalized spacial score (nSPS) is 26.7. The minimum Gasteiger partial charge on any atom is -0.441 e. The van der Waals surface area contributed by atoms with Crippen LogP contribution in [0.2, 0.25) is 0 Å². The number of Topliss-reactive ketones (excluding diaryl/α,β-unsaturated/α-hetero) is 1. The summed E-state index contributed by atoms with van der Waals surface area (Å²) in [6.45, 7) is 10.3. The molecule has 0 aromatic rings. The Morgan fingerprint density at radius 3 is 2.27 bits per heavy atom. The Bertz CT molecular complexity index is 853. The van der Waals surface area contributed by atoms with Gasteiger partial charge in [-0.3, -0.25) is 19.3 Å². The van der Waals surface area contributed by atoms with Crippen LogP contribution in [0.1, 0.15) is 67.2 Å². The second-order valence-corrected chi connectivity index (χ2v) is 11.1. The molecule has 2 aliphatic rings. The Labute approximate surface area is 178 Å². The lowest BCUT2D eigenvalue weighted by Gasteiger charge is -2.50. The van der Waals surface area contributed by atoms with E-state index in [-0.39, 0.29) is 17.1 Å². The van der Waals surface area contributed by atoms with Crippen LogP contribution in [0.4, 0.5) is 0 Å². The van der Waals surface area contributed by atoms with Crippen LogP contribution in [0.5, 0.6) is 0 Å². The summed E-state index contributed by atoms with van der Waals surface area (Å²) in [4.78, 5) is 39.4. The van der Waals surface area contributed by atoms with Crippen LogP contribution in [0.15, 0.2) is 11.3 Å². The summed E-state index contributed by atoms with van der Waals surface area (Å²) in [5, 5.41) is -1.38. The molecule has 1 fully saturated rings. The van der Waals surface area contributed by atoms with Gasteiger partial charge in [-0.1, -0.05) is 47.5 Å². The first-order valence-corrected chi connectivity index (χ1v) is 12.0. The zero-order valence-corrected chi connectivity index (χ0v) is 19.7. The summed E-state index contributed by atoms with van der Waals surface area (Å²) in [5.74, 6) is -2.00. The predicted octanol–water partition coefficient (Wildman–Crippen LogP) is 2.57. The van der Waals surface area contributed by atoms with E-state index in [1.807, 2.05) is 13.8 Å². The van der Waals surface area contributed by atoms with Gasteiger partial charge in [0.2, 0.25) is 15.3 Å². The average molecular weight is 444 g/mol. The van der Waals surface area contributed by atoms with Crippen LogP contribution in [0, 0.1) is 11.3 Å². The molecule has 1 saturated heterocycles. The Morgan fingerprint density at radius 2 is 1.80 bits per heavy atom. The van der Waals surface area contributed by atoms with Crippen LogP contribution >= 0.6 is 0 Å². The molecule has 2 aliphatic heterocycles. The van der Waals surface area contributed by atoms with Crippen molar-refractivity contribution in [2.75, 3.05) is 7.11 Å². The minimum atomic E-state index is -4.15. The van der Waals surface area contributed by atoms with Crippen molar-refractivity contribution < 1.29 is 32.3 Å². The van der Waals surface area contributed by atoms with E-state index in [2.05, 4.69) is 0 Å². The molecule has 0 N–H and O–H groups in total. The summed E-state index contributed by atoms with van der Waals surface area (Å²) < 4.78 is 37.2. The van der Waals surface area contributed by atoms with Gasteiger partial charge in [0, 0.05) is 18.1 Å². The molecular weight excluding hydrogens is 410 g/mol. The molecular formula is C21H33NO7S. The lowest BCUT2D eigenvalue weighted by molar-refractivity contribution is -0.162. The molecule has 2 rings (SSSR count). The van der Waals surface area contributed by atoms with E-state index in [9.17, 15) is 22.8 Å². The number of hydrogen-bond acceptors (Lipinski definition) is 7. The SMILES string of the molecule is CCCCC(CC)C(=O)OC1C(C)=C(C(=O)C(C)(C)C)N2C(=O)[C@H](OC)[C@@H]2S1(=O)=O. The van der Waals surface area contributed by atoms with Crippen molar-refractivity contribution in [3.63, 3.8) is 0 Å². The number of fused-ring (bicyclic) bond motifs is 1. The highest BCUT2D eigenvalue weighted by molar-refractivity contribution is 7.93. The number of allylic oxidation sites excluding steroid dienone is 1. The van der Waals surface area contributed by atoms with Gasteiger partial charge in [0.15, 0.2) is 17.3 Å². The summed E-state index contributed by atoms with van der Waals surface area (Å²) in [5.41, 5.74) is -2.43. The molecule has 4 atom stereocenters. The van der Waals surface area contributed by atoms with Gasteiger partial charge in [-0.2, -0.15) is 0 Å². The van der Waals surface area contributed by atoms with Crippen molar-refractivity contribution in [2.24, 2.45) is 11.3 Å². The fraction of sp³-hybridized carbons (Fsp3) is 0.762. The number of hydrogen-bond donors (Lipinski definition) is 0. The van der Waals surface area contributed by atoms with E-state index >= 15 is 0 Å². The highest BCUT2D eigenvalue weighted by Crippen LogP contribution is 2.43. The number of carbonyl (C=O) groups excluding carboxylic acids is 3. The summed E-state index contributed by atoms with van der Waals surface area (Å²) in [6.07, 6.45) is 1.63. The predicted molar refractivity (Wildman–Crippen MR) is 111 cm³/mol. The van der Waals surface area contributed by atoms with Gasteiger partial charge in [0.1, 0.15) is 0 Å². The van der Waals surface area contributed by atoms with Crippen molar-refractivity contribution in [2.45, 2.75) is 84.1 Å². The molecule has 8 nitrogen and oxygen atoms in total. The Hall–Kier alpha value is -1.74. The van der Waals surface area contributed by atoms with Crippen LogP contribution < -0.4 is 0 Å². The molecule has 0 bridgehead atoms. The Balaban J connectivity index is 2.53. The monoisotopic (exact) mass is 443 g/mol. The minimum absolute atomic E-state index is 0.0139. The molecule has 1 amide bonds. The van der Waals surface area contributed by atoms with E-state index in [0.717, 1.165) is 17.7 Å². The van der Waals surface area contributed by atoms with Crippen molar-refractivity contribution in [3.8, 4) is 0 Å². The smallest absolute Gasteiger partial charge is 0.310 e. The molecule has 2 unspecified atom stereocenters. The molecule has 0 saturated carbocycles. The number of nitrogens with zero attached hydrogens (tertiary/aromatic N) is 1. The van der Waals surface area contributed by atoms with E-state index in [1.165, 1.54) is 14.0 Å². The van der Waals surface area contributed by atoms with Crippen molar-refractivity contribution in [1.29, 1.82) is 0 Å². The third-order valence-electron chi connectivity index (χ3n) is 5.70. The van der Waals surface area contributed by atoms with Crippen molar-refractivity contribution in [1.82, 2.24) is 4.90 Å². The maximum atomic E-state index is 13.3. The molecule has 170 valence electrons. The second-order valence-electron chi connectivity index (χ2n) is 8.97. The maximum absolute atomic E-state index is 13.3. The molecule has 0 spiro atoms. The highest BCUT2D eigenvalue weighted by atomic mass is 32.2. The molecule has 0 aromatic heterocycles.